The smallest absolute Gasteiger partial charge is 0.338 e. The summed E-state index contributed by atoms with van der Waals surface area (Å²) in [6.07, 6.45) is -5.51. The molecule has 0 spiro atoms. The SMILES string of the molecule is CC1O[C@H](COC(=O)c2cccc(OCc3ccccc3)c2)[C@H](O)[C@H](O)[C@H]1O. The highest BCUT2D eigenvalue weighted by molar-refractivity contribution is 5.89. The number of carbonyl (C=O) groups excluding carboxylic acids is 1. The summed E-state index contributed by atoms with van der Waals surface area (Å²) in [5, 5.41) is 29.5. The van der Waals surface area contributed by atoms with Gasteiger partial charge in [0.05, 0.1) is 11.7 Å². The summed E-state index contributed by atoms with van der Waals surface area (Å²) in [6, 6.07) is 16.3. The van der Waals surface area contributed by atoms with Gasteiger partial charge in [-0.1, -0.05) is 36.4 Å². The summed E-state index contributed by atoms with van der Waals surface area (Å²) >= 11 is 0. The summed E-state index contributed by atoms with van der Waals surface area (Å²) < 4.78 is 16.3. The van der Waals surface area contributed by atoms with Gasteiger partial charge in [0.25, 0.3) is 0 Å². The normalized spacial score (nSPS) is 27.2. The van der Waals surface area contributed by atoms with Crippen LogP contribution in [-0.4, -0.2) is 58.4 Å². The molecule has 1 saturated heterocycles. The Morgan fingerprint density at radius 3 is 2.50 bits per heavy atom. The van der Waals surface area contributed by atoms with Crippen LogP contribution in [0.25, 0.3) is 0 Å². The maximum Gasteiger partial charge on any atom is 0.338 e. The average molecular weight is 388 g/mol. The molecule has 3 N–H and O–H groups in total. The highest BCUT2D eigenvalue weighted by Crippen LogP contribution is 2.22. The predicted molar refractivity (Wildman–Crippen MR) is 99.9 cm³/mol. The molecule has 2 aromatic rings. The van der Waals surface area contributed by atoms with Crippen molar-refractivity contribution in [2.24, 2.45) is 0 Å². The predicted octanol–water partition coefficient (Wildman–Crippen LogP) is 1.29. The number of esters is 1. The maximum absolute atomic E-state index is 12.3. The van der Waals surface area contributed by atoms with E-state index in [0.29, 0.717) is 17.9 Å². The monoisotopic (exact) mass is 388 g/mol. The van der Waals surface area contributed by atoms with Gasteiger partial charge in [-0.15, -0.1) is 0 Å². The molecule has 0 bridgehead atoms. The van der Waals surface area contributed by atoms with Gasteiger partial charge in [0, 0.05) is 0 Å². The van der Waals surface area contributed by atoms with Crippen molar-refractivity contribution in [2.45, 2.75) is 44.1 Å². The van der Waals surface area contributed by atoms with Crippen molar-refractivity contribution in [2.75, 3.05) is 6.61 Å². The van der Waals surface area contributed by atoms with Crippen molar-refractivity contribution in [3.8, 4) is 5.75 Å². The van der Waals surface area contributed by atoms with Gasteiger partial charge in [-0.25, -0.2) is 4.79 Å². The van der Waals surface area contributed by atoms with E-state index >= 15 is 0 Å². The number of ether oxygens (including phenoxy) is 3. The fourth-order valence-electron chi connectivity index (χ4n) is 2.97. The second-order valence-electron chi connectivity index (χ2n) is 6.75. The standard InChI is InChI=1S/C21H24O7/c1-13-18(22)20(24)19(23)17(28-13)12-27-21(25)15-8-5-9-16(10-15)26-11-14-6-3-2-4-7-14/h2-10,13,17-20,22-24H,11-12H2,1H3/t13?,17-,18+,19+,20-/m1/s1. The Balaban J connectivity index is 1.56. The van der Waals surface area contributed by atoms with Crippen LogP contribution in [0.15, 0.2) is 54.6 Å². The van der Waals surface area contributed by atoms with Gasteiger partial charge in [-0.3, -0.25) is 0 Å². The van der Waals surface area contributed by atoms with Crippen LogP contribution in [0.4, 0.5) is 0 Å². The molecule has 1 unspecified atom stereocenters. The third-order valence-electron chi connectivity index (χ3n) is 4.65. The van der Waals surface area contributed by atoms with Crippen LogP contribution in [0.3, 0.4) is 0 Å². The molecule has 5 atom stereocenters. The molecule has 0 amide bonds. The van der Waals surface area contributed by atoms with Crippen LogP contribution in [0.5, 0.6) is 5.75 Å². The largest absolute Gasteiger partial charge is 0.489 e. The van der Waals surface area contributed by atoms with Crippen LogP contribution in [-0.2, 0) is 16.1 Å². The Morgan fingerprint density at radius 1 is 1.00 bits per heavy atom. The molecule has 28 heavy (non-hydrogen) atoms. The van der Waals surface area contributed by atoms with Crippen LogP contribution in [0.2, 0.25) is 0 Å². The van der Waals surface area contributed by atoms with Gasteiger partial charge in [0.15, 0.2) is 0 Å². The van der Waals surface area contributed by atoms with Crippen molar-refractivity contribution in [1.82, 2.24) is 0 Å². The third kappa shape index (κ3) is 4.88. The van der Waals surface area contributed by atoms with Crippen LogP contribution >= 0.6 is 0 Å². The first-order valence-electron chi connectivity index (χ1n) is 9.09. The summed E-state index contributed by atoms with van der Waals surface area (Å²) in [4.78, 5) is 12.3. The highest BCUT2D eigenvalue weighted by Gasteiger charge is 2.42. The van der Waals surface area contributed by atoms with Gasteiger partial charge in [-0.05, 0) is 30.7 Å². The lowest BCUT2D eigenvalue weighted by Gasteiger charge is -2.38. The molecule has 7 heteroatoms. The molecule has 1 fully saturated rings. The molecule has 0 aromatic heterocycles. The molecule has 0 aliphatic carbocycles. The molecular formula is C21H24O7. The summed E-state index contributed by atoms with van der Waals surface area (Å²) in [5.74, 6) is -0.0753. The lowest BCUT2D eigenvalue weighted by atomic mass is 9.96. The zero-order chi connectivity index (χ0) is 20.1. The van der Waals surface area contributed by atoms with Gasteiger partial charge < -0.3 is 29.5 Å². The second kappa shape index (κ2) is 9.16. The van der Waals surface area contributed by atoms with Gasteiger partial charge >= 0.3 is 5.97 Å². The Morgan fingerprint density at radius 2 is 1.75 bits per heavy atom. The van der Waals surface area contributed by atoms with E-state index in [9.17, 15) is 20.1 Å². The fourth-order valence-corrected chi connectivity index (χ4v) is 2.97. The number of aliphatic hydroxyl groups is 3. The summed E-state index contributed by atoms with van der Waals surface area (Å²) in [7, 11) is 0. The van der Waals surface area contributed by atoms with Crippen LogP contribution in [0.1, 0.15) is 22.8 Å². The van der Waals surface area contributed by atoms with Crippen molar-refractivity contribution >= 4 is 5.97 Å². The maximum atomic E-state index is 12.3. The molecule has 0 saturated carbocycles. The minimum absolute atomic E-state index is 0.247. The van der Waals surface area contributed by atoms with Crippen LogP contribution in [0, 0.1) is 0 Å². The number of hydrogen-bond acceptors (Lipinski definition) is 7. The average Bonchev–Trinajstić information content (AvgIpc) is 2.73. The first-order chi connectivity index (χ1) is 13.5. The number of aliphatic hydroxyl groups excluding tert-OH is 3. The van der Waals surface area contributed by atoms with Crippen molar-refractivity contribution in [3.05, 3.63) is 65.7 Å². The lowest BCUT2D eigenvalue weighted by molar-refractivity contribution is -0.224. The Kier molecular flexibility index (Phi) is 6.64. The van der Waals surface area contributed by atoms with Crippen molar-refractivity contribution in [3.63, 3.8) is 0 Å². The third-order valence-corrected chi connectivity index (χ3v) is 4.65. The zero-order valence-corrected chi connectivity index (χ0v) is 15.5. The van der Waals surface area contributed by atoms with E-state index < -0.39 is 36.5 Å². The number of benzene rings is 2. The van der Waals surface area contributed by atoms with E-state index in [-0.39, 0.29) is 6.61 Å². The summed E-state index contributed by atoms with van der Waals surface area (Å²) in [5.41, 5.74) is 1.30. The Bertz CT molecular complexity index is 779. The molecule has 0 radical (unpaired) electrons. The molecule has 1 aliphatic heterocycles. The second-order valence-corrected chi connectivity index (χ2v) is 6.75. The molecule has 150 valence electrons. The molecule has 3 rings (SSSR count). The van der Waals surface area contributed by atoms with E-state index in [0.717, 1.165) is 5.56 Å². The minimum atomic E-state index is -1.36. The summed E-state index contributed by atoms with van der Waals surface area (Å²) in [6.45, 7) is 1.70. The topological polar surface area (TPSA) is 105 Å². The highest BCUT2D eigenvalue weighted by atomic mass is 16.6. The van der Waals surface area contributed by atoms with E-state index in [1.165, 1.54) is 0 Å². The first kappa shape index (κ1) is 20.3. The van der Waals surface area contributed by atoms with E-state index in [1.54, 1.807) is 31.2 Å². The molecular weight excluding hydrogens is 364 g/mol. The van der Waals surface area contributed by atoms with Crippen molar-refractivity contribution < 1.29 is 34.3 Å². The van der Waals surface area contributed by atoms with E-state index in [1.807, 2.05) is 30.3 Å². The number of carbonyl (C=O) groups is 1. The Hall–Kier alpha value is -2.45. The van der Waals surface area contributed by atoms with E-state index in [4.69, 9.17) is 14.2 Å². The molecule has 1 heterocycles. The van der Waals surface area contributed by atoms with Crippen molar-refractivity contribution in [1.29, 1.82) is 0 Å². The minimum Gasteiger partial charge on any atom is -0.489 e. The lowest BCUT2D eigenvalue weighted by Crippen LogP contribution is -2.57. The molecule has 1 aliphatic rings. The zero-order valence-electron chi connectivity index (χ0n) is 15.5. The Labute approximate surface area is 163 Å². The van der Waals surface area contributed by atoms with Gasteiger partial charge in [-0.2, -0.15) is 0 Å². The van der Waals surface area contributed by atoms with E-state index in [2.05, 4.69) is 0 Å². The van der Waals surface area contributed by atoms with Gasteiger partial charge in [0.2, 0.25) is 0 Å². The first-order valence-corrected chi connectivity index (χ1v) is 9.09. The fraction of sp³-hybridized carbons (Fsp3) is 0.381. The molecule has 7 nitrogen and oxygen atoms in total. The van der Waals surface area contributed by atoms with Gasteiger partial charge in [0.1, 0.15) is 43.4 Å². The van der Waals surface area contributed by atoms with Crippen LogP contribution < -0.4 is 4.74 Å². The number of rotatable bonds is 6. The molecule has 2 aromatic carbocycles. The quantitative estimate of drug-likeness (QED) is 0.641. The number of hydrogen-bond donors (Lipinski definition) is 3.